The Morgan fingerprint density at radius 2 is 1.83 bits per heavy atom. The average molecular weight is 537 g/mol. The van der Waals surface area contributed by atoms with Crippen LogP contribution in [-0.4, -0.2) is 22.9 Å². The van der Waals surface area contributed by atoms with E-state index in [1.165, 1.54) is 14.9 Å². The van der Waals surface area contributed by atoms with E-state index in [2.05, 4.69) is 27.9 Å². The van der Waals surface area contributed by atoms with Crippen LogP contribution in [0.25, 0.3) is 6.08 Å². The van der Waals surface area contributed by atoms with Crippen molar-refractivity contribution in [1.82, 2.24) is 10.2 Å². The number of halogens is 2. The summed E-state index contributed by atoms with van der Waals surface area (Å²) in [6.45, 7) is 0.419. The molecule has 4 rings (SSSR count). The first-order chi connectivity index (χ1) is 14.5. The molecule has 0 bridgehead atoms. The van der Waals surface area contributed by atoms with Gasteiger partial charge in [-0.05, 0) is 76.9 Å². The SMILES string of the molecule is O=C1N/C(=C\c2ccc(OCc3ccc(I)cc3)c(Cl)c2)C(=O)N1C1CCCCC1. The lowest BCUT2D eigenvalue weighted by Gasteiger charge is -2.28. The van der Waals surface area contributed by atoms with Crippen LogP contribution in [-0.2, 0) is 11.4 Å². The van der Waals surface area contributed by atoms with Crippen LogP contribution in [0.5, 0.6) is 5.75 Å². The minimum absolute atomic E-state index is 0.00205. The van der Waals surface area contributed by atoms with E-state index in [4.69, 9.17) is 16.3 Å². The highest BCUT2D eigenvalue weighted by molar-refractivity contribution is 14.1. The molecule has 2 aromatic carbocycles. The van der Waals surface area contributed by atoms with E-state index in [9.17, 15) is 9.59 Å². The Morgan fingerprint density at radius 3 is 2.53 bits per heavy atom. The quantitative estimate of drug-likeness (QED) is 0.301. The number of imide groups is 1. The Bertz CT molecular complexity index is 984. The molecule has 0 radical (unpaired) electrons. The van der Waals surface area contributed by atoms with Crippen molar-refractivity contribution in [1.29, 1.82) is 0 Å². The fourth-order valence-electron chi connectivity index (χ4n) is 3.85. The fourth-order valence-corrected chi connectivity index (χ4v) is 4.46. The average Bonchev–Trinajstić information content (AvgIpc) is 3.02. The highest BCUT2D eigenvalue weighted by atomic mass is 127. The van der Waals surface area contributed by atoms with Gasteiger partial charge in [0.05, 0.1) is 5.02 Å². The maximum Gasteiger partial charge on any atom is 0.329 e. The third-order valence-corrected chi connectivity index (χ3v) is 6.44. The second-order valence-corrected chi connectivity index (χ2v) is 9.21. The normalized spacial score (nSPS) is 18.7. The summed E-state index contributed by atoms with van der Waals surface area (Å²) in [5.41, 5.74) is 2.07. The van der Waals surface area contributed by atoms with Gasteiger partial charge in [0, 0.05) is 9.61 Å². The van der Waals surface area contributed by atoms with Crippen LogP contribution in [0.1, 0.15) is 43.2 Å². The first-order valence-electron chi connectivity index (χ1n) is 10.0. The van der Waals surface area contributed by atoms with E-state index in [1.807, 2.05) is 30.3 Å². The summed E-state index contributed by atoms with van der Waals surface area (Å²) in [5, 5.41) is 3.16. The number of carbonyl (C=O) groups is 2. The molecular weight excluding hydrogens is 515 g/mol. The molecule has 1 aliphatic heterocycles. The van der Waals surface area contributed by atoms with Gasteiger partial charge in [0.15, 0.2) is 0 Å². The largest absolute Gasteiger partial charge is 0.487 e. The Balaban J connectivity index is 1.44. The van der Waals surface area contributed by atoms with Crippen LogP contribution in [0.4, 0.5) is 4.79 Å². The van der Waals surface area contributed by atoms with Gasteiger partial charge in [-0.15, -0.1) is 0 Å². The van der Waals surface area contributed by atoms with Crippen molar-refractivity contribution in [3.05, 3.63) is 67.9 Å². The van der Waals surface area contributed by atoms with Gasteiger partial charge in [-0.1, -0.05) is 49.1 Å². The van der Waals surface area contributed by atoms with Crippen molar-refractivity contribution in [3.8, 4) is 5.75 Å². The molecule has 2 fully saturated rings. The Kier molecular flexibility index (Phi) is 6.63. The lowest BCUT2D eigenvalue weighted by Crippen LogP contribution is -2.41. The molecule has 156 valence electrons. The van der Waals surface area contributed by atoms with Crippen LogP contribution >= 0.6 is 34.2 Å². The summed E-state index contributed by atoms with van der Waals surface area (Å²) in [6.07, 6.45) is 6.70. The molecule has 0 aromatic heterocycles. The molecule has 1 saturated carbocycles. The molecule has 1 aliphatic carbocycles. The predicted octanol–water partition coefficient (Wildman–Crippen LogP) is 5.75. The molecule has 0 spiro atoms. The van der Waals surface area contributed by atoms with E-state index in [1.54, 1.807) is 18.2 Å². The minimum Gasteiger partial charge on any atom is -0.487 e. The van der Waals surface area contributed by atoms with Crippen molar-refractivity contribution in [2.24, 2.45) is 0 Å². The predicted molar refractivity (Wildman–Crippen MR) is 125 cm³/mol. The second kappa shape index (κ2) is 9.39. The Morgan fingerprint density at radius 1 is 1.10 bits per heavy atom. The van der Waals surface area contributed by atoms with Crippen molar-refractivity contribution in [2.45, 2.75) is 44.8 Å². The van der Waals surface area contributed by atoms with Crippen molar-refractivity contribution in [2.75, 3.05) is 0 Å². The highest BCUT2D eigenvalue weighted by Gasteiger charge is 2.38. The Hall–Kier alpha value is -2.06. The number of ether oxygens (including phenoxy) is 1. The number of rotatable bonds is 5. The van der Waals surface area contributed by atoms with E-state index in [-0.39, 0.29) is 23.7 Å². The molecule has 1 N–H and O–H groups in total. The van der Waals surface area contributed by atoms with Gasteiger partial charge < -0.3 is 10.1 Å². The monoisotopic (exact) mass is 536 g/mol. The third kappa shape index (κ3) is 4.81. The first kappa shape index (κ1) is 21.2. The summed E-state index contributed by atoms with van der Waals surface area (Å²) in [6, 6.07) is 13.1. The van der Waals surface area contributed by atoms with Gasteiger partial charge >= 0.3 is 6.03 Å². The summed E-state index contributed by atoms with van der Waals surface area (Å²) in [7, 11) is 0. The molecular formula is C23H22ClIN2O3. The number of hydrogen-bond acceptors (Lipinski definition) is 3. The molecule has 5 nitrogen and oxygen atoms in total. The maximum atomic E-state index is 12.8. The lowest BCUT2D eigenvalue weighted by molar-refractivity contribution is -0.124. The maximum absolute atomic E-state index is 12.8. The molecule has 1 saturated heterocycles. The molecule has 30 heavy (non-hydrogen) atoms. The summed E-state index contributed by atoms with van der Waals surface area (Å²) in [4.78, 5) is 26.5. The van der Waals surface area contributed by atoms with E-state index in [0.717, 1.165) is 36.8 Å². The van der Waals surface area contributed by atoms with E-state index in [0.29, 0.717) is 17.4 Å². The van der Waals surface area contributed by atoms with E-state index < -0.39 is 0 Å². The van der Waals surface area contributed by atoms with Gasteiger partial charge in [-0.2, -0.15) is 0 Å². The van der Waals surface area contributed by atoms with Crippen LogP contribution in [0.2, 0.25) is 5.02 Å². The molecule has 2 aromatic rings. The summed E-state index contributed by atoms with van der Waals surface area (Å²) < 4.78 is 6.99. The zero-order valence-corrected chi connectivity index (χ0v) is 19.3. The standard InChI is InChI=1S/C23H22ClIN2O3/c24-19-12-16(8-11-21(19)30-14-15-6-9-17(25)10-7-15)13-20-22(28)27(23(29)26-20)18-4-2-1-3-5-18/h6-13,18H,1-5,14H2,(H,26,29)/b20-13-. The first-order valence-corrected chi connectivity index (χ1v) is 11.5. The number of nitrogens with zero attached hydrogens (tertiary/aromatic N) is 1. The van der Waals surface area contributed by atoms with Gasteiger partial charge in [0.1, 0.15) is 18.1 Å². The van der Waals surface area contributed by atoms with Gasteiger partial charge in [-0.25, -0.2) is 4.79 Å². The minimum atomic E-state index is -0.332. The van der Waals surface area contributed by atoms with Crippen LogP contribution in [0.3, 0.4) is 0 Å². The smallest absolute Gasteiger partial charge is 0.329 e. The zero-order valence-electron chi connectivity index (χ0n) is 16.4. The molecule has 1 heterocycles. The zero-order chi connectivity index (χ0) is 21.1. The molecule has 0 atom stereocenters. The van der Waals surface area contributed by atoms with Gasteiger partial charge in [-0.3, -0.25) is 9.69 Å². The number of amides is 3. The number of nitrogens with one attached hydrogen (secondary N) is 1. The topological polar surface area (TPSA) is 58.6 Å². The van der Waals surface area contributed by atoms with Crippen molar-refractivity contribution < 1.29 is 14.3 Å². The van der Waals surface area contributed by atoms with Gasteiger partial charge in [0.2, 0.25) is 0 Å². The number of carbonyl (C=O) groups excluding carboxylic acids is 2. The van der Waals surface area contributed by atoms with Crippen molar-refractivity contribution in [3.63, 3.8) is 0 Å². The van der Waals surface area contributed by atoms with Crippen molar-refractivity contribution >= 4 is 52.2 Å². The lowest BCUT2D eigenvalue weighted by atomic mass is 9.94. The third-order valence-electron chi connectivity index (χ3n) is 5.42. The number of benzene rings is 2. The van der Waals surface area contributed by atoms with Crippen LogP contribution < -0.4 is 10.1 Å². The molecule has 2 aliphatic rings. The summed E-state index contributed by atoms with van der Waals surface area (Å²) in [5.74, 6) is 0.310. The number of urea groups is 1. The molecule has 0 unspecified atom stereocenters. The van der Waals surface area contributed by atoms with E-state index >= 15 is 0 Å². The van der Waals surface area contributed by atoms with Gasteiger partial charge in [0.25, 0.3) is 5.91 Å². The fraction of sp³-hybridized carbons (Fsp3) is 0.304. The Labute approximate surface area is 194 Å². The second-order valence-electron chi connectivity index (χ2n) is 7.56. The summed E-state index contributed by atoms with van der Waals surface area (Å²) >= 11 is 8.64. The highest BCUT2D eigenvalue weighted by Crippen LogP contribution is 2.29. The molecule has 7 heteroatoms. The van der Waals surface area contributed by atoms with Crippen LogP contribution in [0.15, 0.2) is 48.2 Å². The molecule has 3 amide bonds. The number of hydrogen-bond donors (Lipinski definition) is 1. The van der Waals surface area contributed by atoms with Crippen LogP contribution in [0, 0.1) is 3.57 Å².